The quantitative estimate of drug-likeness (QED) is 0.579. The predicted octanol–water partition coefficient (Wildman–Crippen LogP) is 2.37. The maximum atomic E-state index is 2.67. The van der Waals surface area contributed by atoms with Gasteiger partial charge in [0.2, 0.25) is 0 Å². The molecule has 2 bridgehead atoms. The van der Waals surface area contributed by atoms with E-state index in [4.69, 9.17) is 0 Å². The van der Waals surface area contributed by atoms with Gasteiger partial charge in [-0.25, -0.2) is 0 Å². The molecular formula is C11H21N. The summed E-state index contributed by atoms with van der Waals surface area (Å²) >= 11 is 0. The average molecular weight is 167 g/mol. The predicted molar refractivity (Wildman–Crippen MR) is 52.1 cm³/mol. The van der Waals surface area contributed by atoms with Gasteiger partial charge in [-0.2, -0.15) is 0 Å². The van der Waals surface area contributed by atoms with Crippen LogP contribution in [0.15, 0.2) is 0 Å². The molecule has 70 valence electrons. The van der Waals surface area contributed by atoms with E-state index in [0.717, 1.165) is 23.8 Å². The fourth-order valence-corrected chi connectivity index (χ4v) is 3.01. The average Bonchev–Trinajstić information content (AvgIpc) is 2.26. The van der Waals surface area contributed by atoms with Crippen LogP contribution in [0, 0.1) is 17.8 Å². The fraction of sp³-hybridized carbons (Fsp3) is 1.00. The van der Waals surface area contributed by atoms with Crippen molar-refractivity contribution in [3.8, 4) is 0 Å². The van der Waals surface area contributed by atoms with Crippen LogP contribution in [0.5, 0.6) is 0 Å². The molecule has 1 aliphatic heterocycles. The number of hydrogen-bond donors (Lipinski definition) is 0. The van der Waals surface area contributed by atoms with Crippen molar-refractivity contribution in [2.24, 2.45) is 17.8 Å². The molecule has 2 fully saturated rings. The molecule has 12 heavy (non-hydrogen) atoms. The van der Waals surface area contributed by atoms with Gasteiger partial charge < -0.3 is 4.90 Å². The van der Waals surface area contributed by atoms with E-state index in [-0.39, 0.29) is 0 Å². The molecule has 0 aromatic heterocycles. The monoisotopic (exact) mass is 167 g/mol. The standard InChI is InChI=1S/C11H21N/c1-8(2)12-6-10-4-9(3)11(5-10)7-12/h8-11H,4-7H2,1-3H3. The molecular weight excluding hydrogens is 146 g/mol. The van der Waals surface area contributed by atoms with Crippen molar-refractivity contribution >= 4 is 0 Å². The molecule has 0 amide bonds. The van der Waals surface area contributed by atoms with E-state index in [1.54, 1.807) is 0 Å². The smallest absolute Gasteiger partial charge is 0.00388 e. The SMILES string of the molecule is CC1CC2CC1CN(C(C)C)C2. The Bertz CT molecular complexity index is 162. The summed E-state index contributed by atoms with van der Waals surface area (Å²) in [6, 6.07) is 0.764. The molecule has 1 aliphatic carbocycles. The Balaban J connectivity index is 2.01. The molecule has 0 N–H and O–H groups in total. The van der Waals surface area contributed by atoms with Crippen LogP contribution in [0.25, 0.3) is 0 Å². The van der Waals surface area contributed by atoms with Crippen molar-refractivity contribution in [3.05, 3.63) is 0 Å². The van der Waals surface area contributed by atoms with Crippen molar-refractivity contribution in [1.82, 2.24) is 4.90 Å². The summed E-state index contributed by atoms with van der Waals surface area (Å²) in [7, 11) is 0. The van der Waals surface area contributed by atoms with E-state index in [0.29, 0.717) is 0 Å². The largest absolute Gasteiger partial charge is 0.300 e. The van der Waals surface area contributed by atoms with Crippen LogP contribution in [0.1, 0.15) is 33.6 Å². The van der Waals surface area contributed by atoms with E-state index in [2.05, 4.69) is 25.7 Å². The first-order chi connectivity index (χ1) is 5.66. The van der Waals surface area contributed by atoms with Crippen molar-refractivity contribution in [1.29, 1.82) is 0 Å². The lowest BCUT2D eigenvalue weighted by Gasteiger charge is -2.35. The van der Waals surface area contributed by atoms with Gasteiger partial charge in [0.25, 0.3) is 0 Å². The van der Waals surface area contributed by atoms with Crippen molar-refractivity contribution < 1.29 is 0 Å². The van der Waals surface area contributed by atoms with Crippen molar-refractivity contribution in [2.75, 3.05) is 13.1 Å². The zero-order valence-corrected chi connectivity index (χ0v) is 8.59. The molecule has 2 aliphatic rings. The number of likely N-dealkylation sites (tertiary alicyclic amines) is 1. The lowest BCUT2D eigenvalue weighted by Crippen LogP contribution is -2.41. The van der Waals surface area contributed by atoms with Crippen LogP contribution in [-0.4, -0.2) is 24.0 Å². The van der Waals surface area contributed by atoms with Gasteiger partial charge in [-0.05, 0) is 44.4 Å². The van der Waals surface area contributed by atoms with E-state index < -0.39 is 0 Å². The minimum absolute atomic E-state index is 0.764. The Morgan fingerprint density at radius 1 is 1.17 bits per heavy atom. The maximum Gasteiger partial charge on any atom is 0.00388 e. The molecule has 1 heterocycles. The third-order valence-corrected chi connectivity index (χ3v) is 3.84. The molecule has 0 aromatic rings. The summed E-state index contributed by atoms with van der Waals surface area (Å²) in [5, 5.41) is 0. The molecule has 1 saturated heterocycles. The highest BCUT2D eigenvalue weighted by Crippen LogP contribution is 2.41. The Kier molecular flexibility index (Phi) is 2.16. The first-order valence-corrected chi connectivity index (χ1v) is 5.41. The molecule has 3 atom stereocenters. The number of nitrogens with zero attached hydrogens (tertiary/aromatic N) is 1. The Morgan fingerprint density at radius 3 is 2.50 bits per heavy atom. The third kappa shape index (κ3) is 1.39. The van der Waals surface area contributed by atoms with Crippen LogP contribution in [0.4, 0.5) is 0 Å². The second-order valence-corrected chi connectivity index (χ2v) is 5.12. The molecule has 1 heteroatoms. The van der Waals surface area contributed by atoms with Crippen molar-refractivity contribution in [2.45, 2.75) is 39.7 Å². The van der Waals surface area contributed by atoms with Gasteiger partial charge in [0, 0.05) is 19.1 Å². The van der Waals surface area contributed by atoms with Gasteiger partial charge in [-0.3, -0.25) is 0 Å². The number of hydrogen-bond acceptors (Lipinski definition) is 1. The van der Waals surface area contributed by atoms with E-state index in [1.807, 2.05) is 0 Å². The van der Waals surface area contributed by atoms with E-state index in [9.17, 15) is 0 Å². The topological polar surface area (TPSA) is 3.24 Å². The van der Waals surface area contributed by atoms with Crippen LogP contribution in [-0.2, 0) is 0 Å². The highest BCUT2D eigenvalue weighted by molar-refractivity contribution is 4.90. The maximum absolute atomic E-state index is 2.67. The van der Waals surface area contributed by atoms with Crippen LogP contribution < -0.4 is 0 Å². The summed E-state index contributed by atoms with van der Waals surface area (Å²) in [4.78, 5) is 2.67. The van der Waals surface area contributed by atoms with Gasteiger partial charge in [0.1, 0.15) is 0 Å². The number of fused-ring (bicyclic) bond motifs is 2. The molecule has 0 radical (unpaired) electrons. The van der Waals surface area contributed by atoms with Gasteiger partial charge in [0.05, 0.1) is 0 Å². The van der Waals surface area contributed by atoms with Gasteiger partial charge >= 0.3 is 0 Å². The minimum atomic E-state index is 0.764. The van der Waals surface area contributed by atoms with Gasteiger partial charge in [-0.15, -0.1) is 0 Å². The molecule has 0 spiro atoms. The first kappa shape index (κ1) is 8.55. The third-order valence-electron chi connectivity index (χ3n) is 3.84. The molecule has 2 rings (SSSR count). The highest BCUT2D eigenvalue weighted by Gasteiger charge is 2.38. The molecule has 1 saturated carbocycles. The molecule has 1 nitrogen and oxygen atoms in total. The highest BCUT2D eigenvalue weighted by atomic mass is 15.2. The van der Waals surface area contributed by atoms with Crippen LogP contribution in [0.3, 0.4) is 0 Å². The lowest BCUT2D eigenvalue weighted by molar-refractivity contribution is 0.128. The number of rotatable bonds is 1. The van der Waals surface area contributed by atoms with E-state index in [1.165, 1.54) is 25.9 Å². The summed E-state index contributed by atoms with van der Waals surface area (Å²) in [6.45, 7) is 9.84. The van der Waals surface area contributed by atoms with E-state index >= 15 is 0 Å². The minimum Gasteiger partial charge on any atom is -0.300 e. The Labute approximate surface area is 76.1 Å². The van der Waals surface area contributed by atoms with Crippen molar-refractivity contribution in [3.63, 3.8) is 0 Å². The second kappa shape index (κ2) is 3.02. The fourth-order valence-electron chi connectivity index (χ4n) is 3.01. The second-order valence-electron chi connectivity index (χ2n) is 5.12. The van der Waals surface area contributed by atoms with Gasteiger partial charge in [0.15, 0.2) is 0 Å². The molecule has 0 aromatic carbocycles. The number of piperidine rings is 1. The normalized spacial score (nSPS) is 42.5. The Morgan fingerprint density at radius 2 is 1.92 bits per heavy atom. The molecule has 3 unspecified atom stereocenters. The Hall–Kier alpha value is -0.0400. The summed E-state index contributed by atoms with van der Waals surface area (Å²) in [5.41, 5.74) is 0. The van der Waals surface area contributed by atoms with Crippen LogP contribution >= 0.6 is 0 Å². The zero-order valence-electron chi connectivity index (χ0n) is 8.59. The summed E-state index contributed by atoms with van der Waals surface area (Å²) < 4.78 is 0. The summed E-state index contributed by atoms with van der Waals surface area (Å²) in [5.74, 6) is 3.05. The van der Waals surface area contributed by atoms with Gasteiger partial charge in [-0.1, -0.05) is 6.92 Å². The van der Waals surface area contributed by atoms with Crippen LogP contribution in [0.2, 0.25) is 0 Å². The lowest BCUT2D eigenvalue weighted by atomic mass is 9.95. The first-order valence-electron chi connectivity index (χ1n) is 5.41. The zero-order chi connectivity index (χ0) is 8.72. The summed E-state index contributed by atoms with van der Waals surface area (Å²) in [6.07, 6.45) is 3.01.